The van der Waals surface area contributed by atoms with Gasteiger partial charge in [-0.1, -0.05) is 18.2 Å². The van der Waals surface area contributed by atoms with Crippen molar-refractivity contribution in [3.8, 4) is 5.75 Å². The molecule has 21 heavy (non-hydrogen) atoms. The topological polar surface area (TPSA) is 32.3 Å². The third-order valence-corrected chi connectivity index (χ3v) is 3.31. The Labute approximate surface area is 121 Å². The minimum atomic E-state index is -4.36. The van der Waals surface area contributed by atoms with E-state index in [9.17, 15) is 18.3 Å². The Morgan fingerprint density at radius 2 is 1.81 bits per heavy atom. The molecule has 0 bridgehead atoms. The summed E-state index contributed by atoms with van der Waals surface area (Å²) in [5.74, 6) is 0.127. The van der Waals surface area contributed by atoms with Crippen LogP contribution < -0.4 is 5.32 Å². The molecule has 1 unspecified atom stereocenters. The van der Waals surface area contributed by atoms with Crippen LogP contribution in [0.15, 0.2) is 42.5 Å². The van der Waals surface area contributed by atoms with Gasteiger partial charge in [-0.2, -0.15) is 13.2 Å². The Hall–Kier alpha value is -2.17. The van der Waals surface area contributed by atoms with E-state index in [1.54, 1.807) is 31.2 Å². The fourth-order valence-electron chi connectivity index (χ4n) is 2.06. The first-order valence-corrected chi connectivity index (χ1v) is 6.50. The number of phenols is 1. The zero-order valence-corrected chi connectivity index (χ0v) is 11.7. The van der Waals surface area contributed by atoms with Crippen LogP contribution in [0.3, 0.4) is 0 Å². The smallest absolute Gasteiger partial charge is 0.416 e. The van der Waals surface area contributed by atoms with Gasteiger partial charge >= 0.3 is 6.18 Å². The molecule has 2 N–H and O–H groups in total. The van der Waals surface area contributed by atoms with Gasteiger partial charge in [0.1, 0.15) is 5.75 Å². The van der Waals surface area contributed by atoms with E-state index in [-0.39, 0.29) is 11.8 Å². The van der Waals surface area contributed by atoms with Crippen LogP contribution in [0.2, 0.25) is 0 Å². The third-order valence-electron chi connectivity index (χ3n) is 3.31. The van der Waals surface area contributed by atoms with E-state index >= 15 is 0 Å². The van der Waals surface area contributed by atoms with Crippen molar-refractivity contribution >= 4 is 5.69 Å². The van der Waals surface area contributed by atoms with Gasteiger partial charge in [0.25, 0.3) is 0 Å². The van der Waals surface area contributed by atoms with Crippen molar-refractivity contribution in [1.29, 1.82) is 0 Å². The molecule has 5 heteroatoms. The summed E-state index contributed by atoms with van der Waals surface area (Å²) in [6, 6.07) is 10.0. The van der Waals surface area contributed by atoms with Crippen molar-refractivity contribution in [2.24, 2.45) is 0 Å². The molecule has 2 aromatic rings. The molecule has 0 aromatic heterocycles. The number of aryl methyl sites for hydroxylation is 1. The Balaban J connectivity index is 2.26. The molecule has 0 fully saturated rings. The summed E-state index contributed by atoms with van der Waals surface area (Å²) in [7, 11) is 0. The lowest BCUT2D eigenvalue weighted by Gasteiger charge is -2.19. The monoisotopic (exact) mass is 295 g/mol. The van der Waals surface area contributed by atoms with E-state index in [1.807, 2.05) is 6.92 Å². The molecule has 0 aliphatic heterocycles. The Bertz CT molecular complexity index is 638. The lowest BCUT2D eigenvalue weighted by molar-refractivity contribution is -0.137. The van der Waals surface area contributed by atoms with Crippen LogP contribution in [0.1, 0.15) is 29.7 Å². The maximum atomic E-state index is 12.8. The molecule has 1 atom stereocenters. The molecular weight excluding hydrogens is 279 g/mol. The number of hydrogen-bond donors (Lipinski definition) is 2. The van der Waals surface area contributed by atoms with Crippen LogP contribution >= 0.6 is 0 Å². The van der Waals surface area contributed by atoms with Gasteiger partial charge in [-0.3, -0.25) is 0 Å². The van der Waals surface area contributed by atoms with Gasteiger partial charge in [0.15, 0.2) is 0 Å². The predicted octanol–water partition coefficient (Wildman–Crippen LogP) is 4.89. The average Bonchev–Trinajstić information content (AvgIpc) is 2.40. The maximum absolute atomic E-state index is 12.8. The van der Waals surface area contributed by atoms with Crippen LogP contribution in [-0.4, -0.2) is 5.11 Å². The summed E-state index contributed by atoms with van der Waals surface area (Å²) in [6.07, 6.45) is -4.36. The molecule has 112 valence electrons. The molecule has 2 rings (SSSR count). The molecule has 2 aromatic carbocycles. The van der Waals surface area contributed by atoms with E-state index in [0.29, 0.717) is 5.69 Å². The first kappa shape index (κ1) is 15.2. The van der Waals surface area contributed by atoms with Gasteiger partial charge in [-0.15, -0.1) is 0 Å². The summed E-state index contributed by atoms with van der Waals surface area (Å²) in [6.45, 7) is 3.58. The minimum Gasteiger partial charge on any atom is -0.508 e. The lowest BCUT2D eigenvalue weighted by atomic mass is 10.1. The van der Waals surface area contributed by atoms with Crippen LogP contribution in [0.5, 0.6) is 5.75 Å². The van der Waals surface area contributed by atoms with Gasteiger partial charge in [0, 0.05) is 11.7 Å². The van der Waals surface area contributed by atoms with E-state index in [2.05, 4.69) is 5.32 Å². The fraction of sp³-hybridized carbons (Fsp3) is 0.250. The first-order chi connectivity index (χ1) is 9.77. The van der Waals surface area contributed by atoms with Crippen molar-refractivity contribution in [1.82, 2.24) is 0 Å². The number of anilines is 1. The summed E-state index contributed by atoms with van der Waals surface area (Å²) >= 11 is 0. The molecule has 0 spiro atoms. The summed E-state index contributed by atoms with van der Waals surface area (Å²) in [5.41, 5.74) is 1.28. The van der Waals surface area contributed by atoms with E-state index < -0.39 is 11.7 Å². The molecule has 0 aliphatic rings. The largest absolute Gasteiger partial charge is 0.508 e. The van der Waals surface area contributed by atoms with Crippen LogP contribution in [0.4, 0.5) is 18.9 Å². The molecule has 0 aliphatic carbocycles. The van der Waals surface area contributed by atoms with Gasteiger partial charge < -0.3 is 10.4 Å². The zero-order chi connectivity index (χ0) is 15.6. The Morgan fingerprint density at radius 1 is 1.10 bits per heavy atom. The van der Waals surface area contributed by atoms with Crippen LogP contribution in [-0.2, 0) is 6.18 Å². The first-order valence-electron chi connectivity index (χ1n) is 6.50. The van der Waals surface area contributed by atoms with Crippen molar-refractivity contribution in [2.45, 2.75) is 26.1 Å². The second kappa shape index (κ2) is 5.68. The number of benzene rings is 2. The van der Waals surface area contributed by atoms with Crippen molar-refractivity contribution in [3.63, 3.8) is 0 Å². The number of alkyl halides is 3. The minimum absolute atomic E-state index is 0.127. The van der Waals surface area contributed by atoms with Crippen molar-refractivity contribution in [2.75, 3.05) is 5.32 Å². The standard InChI is InChI=1S/C16H16F3NO/c1-10-6-7-13(16(17,18)19)9-15(10)20-11(2)12-4-3-5-14(21)8-12/h3-9,11,20-21H,1-2H3. The zero-order valence-electron chi connectivity index (χ0n) is 11.7. The van der Waals surface area contributed by atoms with Gasteiger partial charge in [-0.25, -0.2) is 0 Å². The number of rotatable bonds is 3. The number of aromatic hydroxyl groups is 1. The molecule has 0 amide bonds. The van der Waals surface area contributed by atoms with Crippen molar-refractivity contribution < 1.29 is 18.3 Å². The number of phenolic OH excluding ortho intramolecular Hbond substituents is 1. The highest BCUT2D eigenvalue weighted by Gasteiger charge is 2.30. The predicted molar refractivity (Wildman–Crippen MR) is 76.3 cm³/mol. The second-order valence-corrected chi connectivity index (χ2v) is 4.99. The van der Waals surface area contributed by atoms with Crippen molar-refractivity contribution in [3.05, 3.63) is 59.2 Å². The molecule has 0 heterocycles. The third kappa shape index (κ3) is 3.68. The van der Waals surface area contributed by atoms with E-state index in [0.717, 1.165) is 23.3 Å². The SMILES string of the molecule is Cc1ccc(C(F)(F)F)cc1NC(C)c1cccc(O)c1. The van der Waals surface area contributed by atoms with Crippen LogP contribution in [0.25, 0.3) is 0 Å². The highest BCUT2D eigenvalue weighted by molar-refractivity contribution is 5.54. The number of halogens is 3. The average molecular weight is 295 g/mol. The lowest BCUT2D eigenvalue weighted by Crippen LogP contribution is -2.10. The quantitative estimate of drug-likeness (QED) is 0.844. The van der Waals surface area contributed by atoms with Gasteiger partial charge in [-0.05, 0) is 49.2 Å². The molecule has 0 saturated heterocycles. The second-order valence-electron chi connectivity index (χ2n) is 4.99. The molecule has 2 nitrogen and oxygen atoms in total. The summed E-state index contributed by atoms with van der Waals surface area (Å²) in [5, 5.41) is 12.5. The molecule has 0 radical (unpaired) electrons. The van der Waals surface area contributed by atoms with Gasteiger partial charge in [0.05, 0.1) is 5.56 Å². The highest BCUT2D eigenvalue weighted by atomic mass is 19.4. The number of nitrogens with one attached hydrogen (secondary N) is 1. The van der Waals surface area contributed by atoms with Crippen LogP contribution in [0, 0.1) is 6.92 Å². The highest BCUT2D eigenvalue weighted by Crippen LogP contribution is 2.33. The normalized spacial score (nSPS) is 13.0. The summed E-state index contributed by atoms with van der Waals surface area (Å²) in [4.78, 5) is 0. The Kier molecular flexibility index (Phi) is 4.11. The summed E-state index contributed by atoms with van der Waals surface area (Å²) < 4.78 is 38.3. The fourth-order valence-corrected chi connectivity index (χ4v) is 2.06. The maximum Gasteiger partial charge on any atom is 0.416 e. The molecule has 0 saturated carbocycles. The number of hydrogen-bond acceptors (Lipinski definition) is 2. The Morgan fingerprint density at radius 3 is 2.43 bits per heavy atom. The van der Waals surface area contributed by atoms with Gasteiger partial charge in [0.2, 0.25) is 0 Å². The molecular formula is C16H16F3NO. The van der Waals surface area contributed by atoms with E-state index in [4.69, 9.17) is 0 Å². The van der Waals surface area contributed by atoms with E-state index in [1.165, 1.54) is 6.07 Å².